The molecule has 0 radical (unpaired) electrons. The van der Waals surface area contributed by atoms with Crippen molar-refractivity contribution in [1.29, 1.82) is 0 Å². The van der Waals surface area contributed by atoms with Crippen molar-refractivity contribution in [2.75, 3.05) is 37.1 Å². The first-order valence-electron chi connectivity index (χ1n) is 7.57. The van der Waals surface area contributed by atoms with Gasteiger partial charge in [-0.1, -0.05) is 18.2 Å². The number of para-hydroxylation sites is 1. The molecule has 3 nitrogen and oxygen atoms in total. The molecule has 21 heavy (non-hydrogen) atoms. The number of nitrogens with zero attached hydrogens (tertiary/aromatic N) is 2. The number of aryl methyl sites for hydroxylation is 2. The van der Waals surface area contributed by atoms with Crippen molar-refractivity contribution >= 4 is 28.3 Å². The number of alkyl halides is 1. The fraction of sp³-hybridized carbons (Fsp3) is 0.471. The largest absolute Gasteiger partial charge is 0.378 e. The molecule has 0 amide bonds. The van der Waals surface area contributed by atoms with E-state index in [0.717, 1.165) is 50.5 Å². The molecule has 0 unspecified atom stereocenters. The Morgan fingerprint density at radius 3 is 2.86 bits per heavy atom. The molecule has 1 saturated heterocycles. The quantitative estimate of drug-likeness (QED) is 0.808. The number of fused-ring (bicyclic) bond motifs is 1. The molecule has 0 spiro atoms. The van der Waals surface area contributed by atoms with Crippen molar-refractivity contribution < 1.29 is 4.74 Å². The molecule has 1 aliphatic heterocycles. The van der Waals surface area contributed by atoms with Gasteiger partial charge >= 0.3 is 0 Å². The van der Waals surface area contributed by atoms with Crippen LogP contribution in [0, 0.1) is 6.92 Å². The van der Waals surface area contributed by atoms with Gasteiger partial charge in [-0.05, 0) is 37.0 Å². The van der Waals surface area contributed by atoms with E-state index >= 15 is 0 Å². The molecule has 1 aromatic carbocycles. The number of rotatable bonds is 4. The molecule has 112 valence electrons. The maximum atomic E-state index is 5.88. The molecule has 3 rings (SSSR count). The predicted octanol–water partition coefficient (Wildman–Crippen LogP) is 3.55. The van der Waals surface area contributed by atoms with E-state index < -0.39 is 0 Å². The second-order valence-corrected chi connectivity index (χ2v) is 5.89. The summed E-state index contributed by atoms with van der Waals surface area (Å²) in [6.45, 7) is 5.51. The first-order valence-corrected chi connectivity index (χ1v) is 8.11. The van der Waals surface area contributed by atoms with Gasteiger partial charge in [0, 0.05) is 24.4 Å². The monoisotopic (exact) mass is 304 g/mol. The van der Waals surface area contributed by atoms with Gasteiger partial charge in [0.25, 0.3) is 0 Å². The number of aromatic nitrogens is 1. The van der Waals surface area contributed by atoms with Gasteiger partial charge in [-0.25, -0.2) is 4.98 Å². The Kier molecular flexibility index (Phi) is 4.61. The topological polar surface area (TPSA) is 25.4 Å². The van der Waals surface area contributed by atoms with Crippen LogP contribution in [0.15, 0.2) is 24.3 Å². The van der Waals surface area contributed by atoms with Gasteiger partial charge < -0.3 is 9.64 Å². The third-order valence-corrected chi connectivity index (χ3v) is 4.26. The normalized spacial score (nSPS) is 15.6. The van der Waals surface area contributed by atoms with Crippen LogP contribution < -0.4 is 4.90 Å². The Morgan fingerprint density at radius 1 is 1.29 bits per heavy atom. The zero-order valence-corrected chi connectivity index (χ0v) is 13.2. The minimum atomic E-state index is 0.689. The van der Waals surface area contributed by atoms with E-state index in [9.17, 15) is 0 Å². The minimum absolute atomic E-state index is 0.689. The molecular formula is C17H21ClN2O. The highest BCUT2D eigenvalue weighted by molar-refractivity contribution is 6.17. The van der Waals surface area contributed by atoms with Crippen LogP contribution in [0.5, 0.6) is 0 Å². The molecule has 1 aromatic heterocycles. The third-order valence-electron chi connectivity index (χ3n) is 3.99. The highest BCUT2D eigenvalue weighted by atomic mass is 35.5. The van der Waals surface area contributed by atoms with E-state index in [1.807, 2.05) is 0 Å². The fourth-order valence-corrected chi connectivity index (χ4v) is 3.00. The van der Waals surface area contributed by atoms with Crippen LogP contribution in [0.3, 0.4) is 0 Å². The maximum Gasteiger partial charge on any atom is 0.132 e. The van der Waals surface area contributed by atoms with E-state index in [4.69, 9.17) is 21.3 Å². The zero-order valence-electron chi connectivity index (χ0n) is 12.4. The van der Waals surface area contributed by atoms with Crippen LogP contribution in [0.1, 0.15) is 17.5 Å². The average Bonchev–Trinajstić information content (AvgIpc) is 2.53. The lowest BCUT2D eigenvalue weighted by Gasteiger charge is -2.30. The standard InChI is InChI=1S/C17H21ClN2O/c1-13-4-2-5-14-12-15(6-3-7-18)17(19-16(13)14)20-8-10-21-11-9-20/h2,4-5,12H,3,6-11H2,1H3. The summed E-state index contributed by atoms with van der Waals surface area (Å²) < 4.78 is 5.46. The van der Waals surface area contributed by atoms with Gasteiger partial charge in [-0.3, -0.25) is 0 Å². The summed E-state index contributed by atoms with van der Waals surface area (Å²) in [7, 11) is 0. The lowest BCUT2D eigenvalue weighted by atomic mass is 10.0. The molecule has 1 aliphatic rings. The Bertz CT molecular complexity index is 623. The van der Waals surface area contributed by atoms with E-state index in [-0.39, 0.29) is 0 Å². The van der Waals surface area contributed by atoms with Crippen LogP contribution in [0.2, 0.25) is 0 Å². The molecular weight excluding hydrogens is 284 g/mol. The van der Waals surface area contributed by atoms with Gasteiger partial charge in [-0.15, -0.1) is 11.6 Å². The number of benzene rings is 1. The molecule has 0 bridgehead atoms. The molecule has 0 aliphatic carbocycles. The lowest BCUT2D eigenvalue weighted by Crippen LogP contribution is -2.37. The average molecular weight is 305 g/mol. The first kappa shape index (κ1) is 14.6. The third kappa shape index (κ3) is 3.14. The van der Waals surface area contributed by atoms with Crippen LogP contribution >= 0.6 is 11.6 Å². The van der Waals surface area contributed by atoms with Crippen LogP contribution in [-0.4, -0.2) is 37.2 Å². The van der Waals surface area contributed by atoms with Crippen molar-refractivity contribution in [3.8, 4) is 0 Å². The molecule has 0 atom stereocenters. The number of halogens is 1. The smallest absolute Gasteiger partial charge is 0.132 e. The van der Waals surface area contributed by atoms with Crippen LogP contribution in [-0.2, 0) is 11.2 Å². The number of hydrogen-bond acceptors (Lipinski definition) is 3. The second-order valence-electron chi connectivity index (χ2n) is 5.51. The Labute approximate surface area is 130 Å². The highest BCUT2D eigenvalue weighted by Crippen LogP contribution is 2.27. The molecule has 2 aromatic rings. The Hall–Kier alpha value is -1.32. The summed E-state index contributed by atoms with van der Waals surface area (Å²) in [5.74, 6) is 1.80. The summed E-state index contributed by atoms with van der Waals surface area (Å²) in [5, 5.41) is 1.22. The van der Waals surface area contributed by atoms with Crippen molar-refractivity contribution in [2.45, 2.75) is 19.8 Å². The van der Waals surface area contributed by atoms with Crippen LogP contribution in [0.25, 0.3) is 10.9 Å². The summed E-state index contributed by atoms with van der Waals surface area (Å²) in [6, 6.07) is 8.64. The summed E-state index contributed by atoms with van der Waals surface area (Å²) in [6.07, 6.45) is 1.96. The summed E-state index contributed by atoms with van der Waals surface area (Å²) in [5.41, 5.74) is 3.63. The number of morpholine rings is 1. The number of hydrogen-bond donors (Lipinski definition) is 0. The van der Waals surface area contributed by atoms with Gasteiger partial charge in [0.05, 0.1) is 18.7 Å². The van der Waals surface area contributed by atoms with E-state index in [0.29, 0.717) is 5.88 Å². The predicted molar refractivity (Wildman–Crippen MR) is 88.6 cm³/mol. The van der Waals surface area contributed by atoms with Crippen molar-refractivity contribution in [1.82, 2.24) is 4.98 Å². The van der Waals surface area contributed by atoms with E-state index in [2.05, 4.69) is 36.1 Å². The van der Waals surface area contributed by atoms with Gasteiger partial charge in [0.1, 0.15) is 5.82 Å². The number of anilines is 1. The molecule has 1 fully saturated rings. The van der Waals surface area contributed by atoms with Gasteiger partial charge in [-0.2, -0.15) is 0 Å². The van der Waals surface area contributed by atoms with Crippen molar-refractivity contribution in [3.63, 3.8) is 0 Å². The second kappa shape index (κ2) is 6.63. The van der Waals surface area contributed by atoms with E-state index in [1.54, 1.807) is 0 Å². The lowest BCUT2D eigenvalue weighted by molar-refractivity contribution is 0.122. The molecule has 0 N–H and O–H groups in total. The van der Waals surface area contributed by atoms with Gasteiger partial charge in [0.15, 0.2) is 0 Å². The summed E-state index contributed by atoms with van der Waals surface area (Å²) >= 11 is 5.88. The SMILES string of the molecule is Cc1cccc2cc(CCCCl)c(N3CCOCC3)nc12. The maximum absolute atomic E-state index is 5.88. The fourth-order valence-electron chi connectivity index (χ4n) is 2.87. The Morgan fingerprint density at radius 2 is 2.10 bits per heavy atom. The molecule has 4 heteroatoms. The molecule has 2 heterocycles. The minimum Gasteiger partial charge on any atom is -0.378 e. The van der Waals surface area contributed by atoms with Gasteiger partial charge in [0.2, 0.25) is 0 Å². The van der Waals surface area contributed by atoms with Crippen LogP contribution in [0.4, 0.5) is 5.82 Å². The highest BCUT2D eigenvalue weighted by Gasteiger charge is 2.17. The van der Waals surface area contributed by atoms with Crippen molar-refractivity contribution in [3.05, 3.63) is 35.4 Å². The molecule has 0 saturated carbocycles. The van der Waals surface area contributed by atoms with E-state index in [1.165, 1.54) is 16.5 Å². The first-order chi connectivity index (χ1) is 10.3. The number of pyridine rings is 1. The van der Waals surface area contributed by atoms with Crippen molar-refractivity contribution in [2.24, 2.45) is 0 Å². The Balaban J connectivity index is 2.06. The number of ether oxygens (including phenoxy) is 1. The summed E-state index contributed by atoms with van der Waals surface area (Å²) in [4.78, 5) is 7.32. The zero-order chi connectivity index (χ0) is 14.7.